The molecule has 0 atom stereocenters. The molecule has 0 aliphatic heterocycles. The van der Waals surface area contributed by atoms with E-state index in [-0.39, 0.29) is 6.09 Å². The van der Waals surface area contributed by atoms with Gasteiger partial charge in [-0.25, -0.2) is 4.79 Å². The SMILES string of the molecule is CCN(CC)C(=O)Oc1c(Br)ccc2cc(C)cc(OC)c12. The highest BCUT2D eigenvalue weighted by Gasteiger charge is 2.19. The van der Waals surface area contributed by atoms with Crippen molar-refractivity contribution in [3.63, 3.8) is 0 Å². The molecule has 0 saturated carbocycles. The molecule has 22 heavy (non-hydrogen) atoms. The number of rotatable bonds is 4. The third kappa shape index (κ3) is 3.19. The van der Waals surface area contributed by atoms with Crippen molar-refractivity contribution in [2.75, 3.05) is 20.2 Å². The van der Waals surface area contributed by atoms with Gasteiger partial charge in [0.05, 0.1) is 17.0 Å². The monoisotopic (exact) mass is 365 g/mol. The Labute approximate surface area is 139 Å². The molecule has 0 aliphatic rings. The van der Waals surface area contributed by atoms with Gasteiger partial charge in [-0.15, -0.1) is 0 Å². The zero-order chi connectivity index (χ0) is 16.3. The zero-order valence-corrected chi connectivity index (χ0v) is 14.9. The Kier molecular flexibility index (Phi) is 5.29. The summed E-state index contributed by atoms with van der Waals surface area (Å²) >= 11 is 3.47. The van der Waals surface area contributed by atoms with Crippen LogP contribution in [0.15, 0.2) is 28.7 Å². The van der Waals surface area contributed by atoms with Crippen molar-refractivity contribution in [3.8, 4) is 11.5 Å². The molecule has 0 fully saturated rings. The molecule has 4 nitrogen and oxygen atoms in total. The van der Waals surface area contributed by atoms with Gasteiger partial charge in [0.2, 0.25) is 0 Å². The van der Waals surface area contributed by atoms with Crippen LogP contribution in [0.4, 0.5) is 4.79 Å². The maximum absolute atomic E-state index is 12.3. The molecule has 0 radical (unpaired) electrons. The van der Waals surface area contributed by atoms with Gasteiger partial charge in [0.15, 0.2) is 5.75 Å². The van der Waals surface area contributed by atoms with Crippen LogP contribution in [0.25, 0.3) is 10.8 Å². The molecule has 0 aromatic heterocycles. The lowest BCUT2D eigenvalue weighted by Crippen LogP contribution is -2.33. The Morgan fingerprint density at radius 2 is 1.91 bits per heavy atom. The van der Waals surface area contributed by atoms with Gasteiger partial charge in [-0.3, -0.25) is 0 Å². The molecule has 0 saturated heterocycles. The predicted molar refractivity (Wildman–Crippen MR) is 91.9 cm³/mol. The summed E-state index contributed by atoms with van der Waals surface area (Å²) in [4.78, 5) is 13.9. The molecule has 2 aromatic carbocycles. The smallest absolute Gasteiger partial charge is 0.415 e. The third-order valence-electron chi connectivity index (χ3n) is 3.56. The Balaban J connectivity index is 2.57. The number of benzene rings is 2. The summed E-state index contributed by atoms with van der Waals surface area (Å²) in [7, 11) is 1.62. The summed E-state index contributed by atoms with van der Waals surface area (Å²) in [6, 6.07) is 7.83. The van der Waals surface area contributed by atoms with E-state index in [0.29, 0.717) is 24.6 Å². The van der Waals surface area contributed by atoms with E-state index < -0.39 is 0 Å². The molecule has 0 unspecified atom stereocenters. The van der Waals surface area contributed by atoms with E-state index in [1.54, 1.807) is 12.0 Å². The minimum atomic E-state index is -0.360. The lowest BCUT2D eigenvalue weighted by Gasteiger charge is -2.20. The first kappa shape index (κ1) is 16.6. The van der Waals surface area contributed by atoms with Crippen LogP contribution < -0.4 is 9.47 Å². The van der Waals surface area contributed by atoms with Crippen LogP contribution in [0.3, 0.4) is 0 Å². The van der Waals surface area contributed by atoms with Crippen LogP contribution in [0, 0.1) is 6.92 Å². The molecular weight excluding hydrogens is 346 g/mol. The normalized spacial score (nSPS) is 10.6. The van der Waals surface area contributed by atoms with Gasteiger partial charge >= 0.3 is 6.09 Å². The summed E-state index contributed by atoms with van der Waals surface area (Å²) in [5.41, 5.74) is 1.09. The molecule has 2 aromatic rings. The number of carbonyl (C=O) groups excluding carboxylic acids is 1. The van der Waals surface area contributed by atoms with Gasteiger partial charge in [0.1, 0.15) is 5.75 Å². The fourth-order valence-corrected chi connectivity index (χ4v) is 2.82. The summed E-state index contributed by atoms with van der Waals surface area (Å²) in [6.07, 6.45) is -0.360. The topological polar surface area (TPSA) is 38.8 Å². The van der Waals surface area contributed by atoms with Crippen LogP contribution in [0.1, 0.15) is 19.4 Å². The number of carbonyl (C=O) groups is 1. The molecule has 0 spiro atoms. The van der Waals surface area contributed by atoms with E-state index in [1.165, 1.54) is 0 Å². The average Bonchev–Trinajstić information content (AvgIpc) is 2.50. The van der Waals surface area contributed by atoms with E-state index in [4.69, 9.17) is 9.47 Å². The Morgan fingerprint density at radius 3 is 2.50 bits per heavy atom. The number of hydrogen-bond acceptors (Lipinski definition) is 3. The molecule has 0 heterocycles. The van der Waals surface area contributed by atoms with Crippen molar-refractivity contribution in [1.82, 2.24) is 4.90 Å². The first-order valence-electron chi connectivity index (χ1n) is 7.25. The number of halogens is 1. The summed E-state index contributed by atoms with van der Waals surface area (Å²) in [5, 5.41) is 1.77. The number of fused-ring (bicyclic) bond motifs is 1. The highest BCUT2D eigenvalue weighted by Crippen LogP contribution is 2.40. The lowest BCUT2D eigenvalue weighted by molar-refractivity contribution is 0.157. The number of aryl methyl sites for hydroxylation is 1. The van der Waals surface area contributed by atoms with Gasteiger partial charge in [-0.2, -0.15) is 0 Å². The molecule has 118 valence electrons. The summed E-state index contributed by atoms with van der Waals surface area (Å²) in [6.45, 7) is 7.06. The minimum Gasteiger partial charge on any atom is -0.496 e. The first-order chi connectivity index (χ1) is 10.5. The van der Waals surface area contributed by atoms with Crippen molar-refractivity contribution in [1.29, 1.82) is 0 Å². The van der Waals surface area contributed by atoms with Crippen LogP contribution in [-0.4, -0.2) is 31.2 Å². The summed E-state index contributed by atoms with van der Waals surface area (Å²) in [5.74, 6) is 1.19. The van der Waals surface area contributed by atoms with Gasteiger partial charge in [0.25, 0.3) is 0 Å². The maximum atomic E-state index is 12.3. The van der Waals surface area contributed by atoms with E-state index in [1.807, 2.05) is 45.0 Å². The Bertz CT molecular complexity index is 696. The molecule has 1 amide bonds. The second-order valence-corrected chi connectivity index (χ2v) is 5.84. The molecular formula is C17H20BrNO3. The molecule has 0 bridgehead atoms. The first-order valence-corrected chi connectivity index (χ1v) is 8.04. The Morgan fingerprint density at radius 1 is 1.23 bits per heavy atom. The van der Waals surface area contributed by atoms with Crippen molar-refractivity contribution in [2.24, 2.45) is 0 Å². The number of ether oxygens (including phenoxy) is 2. The quantitative estimate of drug-likeness (QED) is 0.783. The molecule has 2 rings (SSSR count). The summed E-state index contributed by atoms with van der Waals surface area (Å²) < 4.78 is 11.8. The molecule has 0 N–H and O–H groups in total. The van der Waals surface area contributed by atoms with Gasteiger partial charge in [-0.1, -0.05) is 12.1 Å². The van der Waals surface area contributed by atoms with Crippen LogP contribution in [-0.2, 0) is 0 Å². The van der Waals surface area contributed by atoms with Gasteiger partial charge in [-0.05, 0) is 59.8 Å². The maximum Gasteiger partial charge on any atom is 0.415 e. The largest absolute Gasteiger partial charge is 0.496 e. The van der Waals surface area contributed by atoms with Crippen LogP contribution >= 0.6 is 15.9 Å². The highest BCUT2D eigenvalue weighted by atomic mass is 79.9. The zero-order valence-electron chi connectivity index (χ0n) is 13.3. The second-order valence-electron chi connectivity index (χ2n) is 4.98. The van der Waals surface area contributed by atoms with Gasteiger partial charge < -0.3 is 14.4 Å². The van der Waals surface area contributed by atoms with E-state index in [9.17, 15) is 4.79 Å². The van der Waals surface area contributed by atoms with Crippen molar-refractivity contribution >= 4 is 32.8 Å². The average molecular weight is 366 g/mol. The van der Waals surface area contributed by atoms with Crippen LogP contribution in [0.5, 0.6) is 11.5 Å². The molecule has 5 heteroatoms. The van der Waals surface area contributed by atoms with E-state index >= 15 is 0 Å². The number of nitrogens with zero attached hydrogens (tertiary/aromatic N) is 1. The fraction of sp³-hybridized carbons (Fsp3) is 0.353. The standard InChI is InChI=1S/C17H20BrNO3/c1-5-19(6-2)17(20)22-16-13(18)8-7-12-9-11(3)10-14(21-4)15(12)16/h7-10H,5-6H2,1-4H3. The highest BCUT2D eigenvalue weighted by molar-refractivity contribution is 9.10. The minimum absolute atomic E-state index is 0.360. The molecule has 0 aliphatic carbocycles. The third-order valence-corrected chi connectivity index (χ3v) is 4.19. The number of methoxy groups -OCH3 is 1. The second kappa shape index (κ2) is 7.01. The fourth-order valence-electron chi connectivity index (χ4n) is 2.41. The van der Waals surface area contributed by atoms with Crippen molar-refractivity contribution in [2.45, 2.75) is 20.8 Å². The lowest BCUT2D eigenvalue weighted by atomic mass is 10.1. The number of hydrogen-bond donors (Lipinski definition) is 0. The van der Waals surface area contributed by atoms with Crippen molar-refractivity contribution < 1.29 is 14.3 Å². The Hall–Kier alpha value is -1.75. The van der Waals surface area contributed by atoms with Crippen LogP contribution in [0.2, 0.25) is 0 Å². The number of amides is 1. The van der Waals surface area contributed by atoms with Crippen molar-refractivity contribution in [3.05, 3.63) is 34.3 Å². The van der Waals surface area contributed by atoms with E-state index in [2.05, 4.69) is 15.9 Å². The van der Waals surface area contributed by atoms with E-state index in [0.717, 1.165) is 20.8 Å². The van der Waals surface area contributed by atoms with Gasteiger partial charge in [0, 0.05) is 13.1 Å². The predicted octanol–water partition coefficient (Wildman–Crippen LogP) is 4.76.